The van der Waals surface area contributed by atoms with E-state index in [1.54, 1.807) is 6.07 Å². The van der Waals surface area contributed by atoms with Gasteiger partial charge in [-0.2, -0.15) is 0 Å². The number of carbonyl (C=O) groups excluding carboxylic acids is 1. The lowest BCUT2D eigenvalue weighted by atomic mass is 9.87. The number of ether oxygens (including phenoxy) is 2. The molecule has 0 radical (unpaired) electrons. The Kier molecular flexibility index (Phi) is 4.32. The number of amides is 1. The molecule has 1 saturated heterocycles. The molecule has 0 spiro atoms. The van der Waals surface area contributed by atoms with Crippen molar-refractivity contribution in [2.45, 2.75) is 25.0 Å². The van der Waals surface area contributed by atoms with Gasteiger partial charge in [-0.3, -0.25) is 4.79 Å². The average Bonchev–Trinajstić information content (AvgIpc) is 3.06. The van der Waals surface area contributed by atoms with Crippen molar-refractivity contribution in [2.75, 3.05) is 19.9 Å². The van der Waals surface area contributed by atoms with E-state index in [0.717, 1.165) is 5.56 Å². The normalized spacial score (nSPS) is 30.9. The maximum Gasteiger partial charge on any atom is 0.339 e. The minimum Gasteiger partial charge on any atom is -0.485 e. The molecule has 2 aromatic carbocycles. The summed E-state index contributed by atoms with van der Waals surface area (Å²) in [6.07, 6.45) is -0.835. The molecule has 30 heavy (non-hydrogen) atoms. The van der Waals surface area contributed by atoms with Crippen LogP contribution in [0, 0.1) is 11.3 Å². The first-order valence-electron chi connectivity index (χ1n) is 10.0. The Balaban J connectivity index is 1.53. The lowest BCUT2D eigenvalue weighted by molar-refractivity contribution is 0.0689. The Morgan fingerprint density at radius 1 is 1.27 bits per heavy atom. The summed E-state index contributed by atoms with van der Waals surface area (Å²) in [4.78, 5) is 24.9. The van der Waals surface area contributed by atoms with Gasteiger partial charge in [0.25, 0.3) is 5.91 Å². The van der Waals surface area contributed by atoms with Gasteiger partial charge in [-0.05, 0) is 17.7 Å². The molecule has 2 aliphatic heterocycles. The minimum absolute atomic E-state index is 0.0139. The molecule has 3 aliphatic rings. The lowest BCUT2D eigenvalue weighted by Gasteiger charge is -2.16. The number of alkyl halides is 1. The minimum atomic E-state index is -1.21. The number of hydrogen-bond acceptors (Lipinski definition) is 4. The molecule has 0 aromatic heterocycles. The molecule has 2 fully saturated rings. The fraction of sp³-hybridized carbons (Fsp3) is 0.391. The SMILES string of the molecule is CC12COC[C@H]1[C@@H]2NC(=O)c1cc(C(=O)O)c2c(c1)[C@H](c1ccccc1)[C@@H](CF)O2. The number of nitrogens with one attached hydrogen (secondary N) is 1. The number of fused-ring (bicyclic) bond motifs is 2. The van der Waals surface area contributed by atoms with Gasteiger partial charge in [0, 0.05) is 28.5 Å². The zero-order valence-corrected chi connectivity index (χ0v) is 16.4. The topological polar surface area (TPSA) is 84.9 Å². The van der Waals surface area contributed by atoms with Crippen molar-refractivity contribution in [3.63, 3.8) is 0 Å². The van der Waals surface area contributed by atoms with Gasteiger partial charge >= 0.3 is 5.97 Å². The maximum atomic E-state index is 13.8. The highest BCUT2D eigenvalue weighted by Crippen LogP contribution is 2.56. The van der Waals surface area contributed by atoms with Gasteiger partial charge in [0.1, 0.15) is 24.1 Å². The van der Waals surface area contributed by atoms with Crippen LogP contribution in [0.5, 0.6) is 5.75 Å². The van der Waals surface area contributed by atoms with Crippen molar-refractivity contribution in [2.24, 2.45) is 11.3 Å². The average molecular weight is 411 g/mol. The quantitative estimate of drug-likeness (QED) is 0.790. The van der Waals surface area contributed by atoms with E-state index in [0.29, 0.717) is 18.8 Å². The second kappa shape index (κ2) is 6.80. The van der Waals surface area contributed by atoms with Crippen LogP contribution in [0.2, 0.25) is 0 Å². The number of carbonyl (C=O) groups is 2. The molecule has 2 heterocycles. The van der Waals surface area contributed by atoms with Gasteiger partial charge < -0.3 is 19.9 Å². The summed E-state index contributed by atoms with van der Waals surface area (Å²) < 4.78 is 24.9. The van der Waals surface area contributed by atoms with Crippen LogP contribution in [0.1, 0.15) is 44.7 Å². The zero-order chi connectivity index (χ0) is 21.0. The molecular weight excluding hydrogens is 389 g/mol. The summed E-state index contributed by atoms with van der Waals surface area (Å²) in [5, 5.41) is 12.7. The highest BCUT2D eigenvalue weighted by atomic mass is 19.1. The third-order valence-electron chi connectivity index (χ3n) is 6.74. The van der Waals surface area contributed by atoms with E-state index in [1.807, 2.05) is 30.3 Å². The van der Waals surface area contributed by atoms with Gasteiger partial charge in [0.05, 0.1) is 19.1 Å². The van der Waals surface area contributed by atoms with E-state index < -0.39 is 24.7 Å². The summed E-state index contributed by atoms with van der Waals surface area (Å²) in [6, 6.07) is 12.2. The smallest absolute Gasteiger partial charge is 0.339 e. The zero-order valence-electron chi connectivity index (χ0n) is 16.4. The largest absolute Gasteiger partial charge is 0.485 e. The van der Waals surface area contributed by atoms with E-state index in [-0.39, 0.29) is 40.2 Å². The van der Waals surface area contributed by atoms with Gasteiger partial charge in [0.2, 0.25) is 0 Å². The van der Waals surface area contributed by atoms with Crippen molar-refractivity contribution in [1.29, 1.82) is 0 Å². The van der Waals surface area contributed by atoms with Gasteiger partial charge in [-0.1, -0.05) is 37.3 Å². The van der Waals surface area contributed by atoms with E-state index in [1.165, 1.54) is 6.07 Å². The predicted molar refractivity (Wildman–Crippen MR) is 106 cm³/mol. The standard InChI is InChI=1S/C23H22FNO5/c1-23-11-29-10-16(23)20(23)25-21(26)13-7-14-18(12-5-3-2-4-6-12)17(9-24)30-19(14)15(8-13)22(27)28/h2-8,16-18,20H,9-11H2,1H3,(H,25,26)(H,27,28)/t16-,17+,18-,20-,23?/m0/s1. The first-order chi connectivity index (χ1) is 14.4. The molecule has 2 aromatic rings. The lowest BCUT2D eigenvalue weighted by Crippen LogP contribution is -2.32. The fourth-order valence-electron chi connectivity index (χ4n) is 4.94. The van der Waals surface area contributed by atoms with E-state index in [4.69, 9.17) is 9.47 Å². The van der Waals surface area contributed by atoms with E-state index >= 15 is 0 Å². The second-order valence-electron chi connectivity index (χ2n) is 8.52. The molecule has 2 N–H and O–H groups in total. The number of carboxylic acids is 1. The third kappa shape index (κ3) is 2.80. The van der Waals surface area contributed by atoms with Crippen molar-refractivity contribution in [3.8, 4) is 5.75 Å². The molecule has 1 unspecified atom stereocenters. The predicted octanol–water partition coefficient (Wildman–Crippen LogP) is 3.01. The van der Waals surface area contributed by atoms with Gasteiger partial charge in [0.15, 0.2) is 0 Å². The summed E-state index contributed by atoms with van der Waals surface area (Å²) in [6.45, 7) is 2.53. The molecule has 156 valence electrons. The highest BCUT2D eigenvalue weighted by molar-refractivity contribution is 6.00. The molecule has 1 amide bonds. The molecule has 6 nitrogen and oxygen atoms in total. The van der Waals surface area contributed by atoms with Gasteiger partial charge in [-0.25, -0.2) is 9.18 Å². The summed E-state index contributed by atoms with van der Waals surface area (Å²) >= 11 is 0. The van der Waals surface area contributed by atoms with Gasteiger partial charge in [-0.15, -0.1) is 0 Å². The second-order valence-corrected chi connectivity index (χ2v) is 8.52. The Morgan fingerprint density at radius 3 is 2.67 bits per heavy atom. The van der Waals surface area contributed by atoms with Crippen molar-refractivity contribution in [3.05, 3.63) is 64.7 Å². The van der Waals surface area contributed by atoms with Crippen LogP contribution in [0.3, 0.4) is 0 Å². The molecule has 0 bridgehead atoms. The summed E-state index contributed by atoms with van der Waals surface area (Å²) in [5.74, 6) is -1.61. The number of carboxylic acid groups (broad SMARTS) is 1. The fourth-order valence-corrected chi connectivity index (χ4v) is 4.94. The number of halogens is 1. The van der Waals surface area contributed by atoms with Crippen LogP contribution in [0.4, 0.5) is 4.39 Å². The first-order valence-corrected chi connectivity index (χ1v) is 10.0. The van der Waals surface area contributed by atoms with Crippen molar-refractivity contribution in [1.82, 2.24) is 5.32 Å². The van der Waals surface area contributed by atoms with E-state index in [9.17, 15) is 19.1 Å². The third-order valence-corrected chi connectivity index (χ3v) is 6.74. The van der Waals surface area contributed by atoms with Crippen LogP contribution < -0.4 is 10.1 Å². The Morgan fingerprint density at radius 2 is 2.03 bits per heavy atom. The molecule has 1 saturated carbocycles. The van der Waals surface area contributed by atoms with Crippen LogP contribution in [0.15, 0.2) is 42.5 Å². The first kappa shape index (κ1) is 19.1. The Hall–Kier alpha value is -2.93. The highest BCUT2D eigenvalue weighted by Gasteiger charge is 2.65. The summed E-state index contributed by atoms with van der Waals surface area (Å²) in [7, 11) is 0. The van der Waals surface area contributed by atoms with Crippen LogP contribution in [-0.4, -0.2) is 49.0 Å². The van der Waals surface area contributed by atoms with Crippen molar-refractivity contribution < 1.29 is 28.6 Å². The summed E-state index contributed by atoms with van der Waals surface area (Å²) in [5.41, 5.74) is 1.40. The molecule has 5 atom stereocenters. The number of aromatic carboxylic acids is 1. The molecule has 5 rings (SSSR count). The Labute approximate surface area is 173 Å². The van der Waals surface area contributed by atoms with Crippen molar-refractivity contribution >= 4 is 11.9 Å². The molecular formula is C23H22FNO5. The molecule has 1 aliphatic carbocycles. The van der Waals surface area contributed by atoms with Crippen LogP contribution in [-0.2, 0) is 4.74 Å². The van der Waals surface area contributed by atoms with Crippen LogP contribution in [0.25, 0.3) is 0 Å². The maximum absolute atomic E-state index is 13.8. The Bertz CT molecular complexity index is 1030. The monoisotopic (exact) mass is 411 g/mol. The number of benzene rings is 2. The molecule has 7 heteroatoms. The van der Waals surface area contributed by atoms with Crippen LogP contribution >= 0.6 is 0 Å². The number of hydrogen-bond donors (Lipinski definition) is 2. The number of rotatable bonds is 5. The van der Waals surface area contributed by atoms with E-state index in [2.05, 4.69) is 12.2 Å².